The maximum Gasteiger partial charge on any atom is 0.119 e. The first-order valence-corrected chi connectivity index (χ1v) is 8.09. The summed E-state index contributed by atoms with van der Waals surface area (Å²) >= 11 is 9.63. The Kier molecular flexibility index (Phi) is 4.00. The number of benzene rings is 2. The summed E-state index contributed by atoms with van der Waals surface area (Å²) in [5, 5.41) is 11.4. The summed E-state index contributed by atoms with van der Waals surface area (Å²) in [5.74, 6) is 0.846. The molecule has 2 aromatic rings. The molecule has 1 aliphatic carbocycles. The van der Waals surface area contributed by atoms with Gasteiger partial charge in [-0.05, 0) is 49.6 Å². The quantitative estimate of drug-likeness (QED) is 0.833. The van der Waals surface area contributed by atoms with E-state index >= 15 is 0 Å². The van der Waals surface area contributed by atoms with Crippen molar-refractivity contribution in [3.05, 3.63) is 63.1 Å². The van der Waals surface area contributed by atoms with Crippen molar-refractivity contribution in [1.29, 1.82) is 0 Å². The highest BCUT2D eigenvalue weighted by Crippen LogP contribution is 2.36. The van der Waals surface area contributed by atoms with Crippen LogP contribution in [-0.2, 0) is 5.60 Å². The van der Waals surface area contributed by atoms with E-state index in [4.69, 9.17) is 16.3 Å². The van der Waals surface area contributed by atoms with E-state index in [1.165, 1.54) is 0 Å². The van der Waals surface area contributed by atoms with Crippen LogP contribution in [0.3, 0.4) is 0 Å². The number of hydrogen-bond acceptors (Lipinski definition) is 2. The predicted octanol–water partition coefficient (Wildman–Crippen LogP) is 4.90. The second kappa shape index (κ2) is 5.64. The molecule has 1 unspecified atom stereocenters. The molecule has 0 radical (unpaired) electrons. The summed E-state index contributed by atoms with van der Waals surface area (Å²) in [6, 6.07) is 13.1. The van der Waals surface area contributed by atoms with Crippen LogP contribution in [0.15, 0.2) is 46.9 Å². The fraction of sp³-hybridized carbons (Fsp3) is 0.294. The summed E-state index contributed by atoms with van der Waals surface area (Å²) < 4.78 is 6.61. The van der Waals surface area contributed by atoms with E-state index in [9.17, 15) is 5.11 Å². The molecule has 0 spiro atoms. The maximum absolute atomic E-state index is 10.9. The zero-order valence-electron chi connectivity index (χ0n) is 11.6. The molecule has 1 aliphatic rings. The molecule has 0 saturated heterocycles. The van der Waals surface area contributed by atoms with Crippen molar-refractivity contribution in [2.24, 2.45) is 0 Å². The topological polar surface area (TPSA) is 29.5 Å². The van der Waals surface area contributed by atoms with Gasteiger partial charge in [0.2, 0.25) is 0 Å². The summed E-state index contributed by atoms with van der Waals surface area (Å²) in [6.45, 7) is 1.75. The molecule has 0 amide bonds. The number of aliphatic hydroxyl groups is 1. The van der Waals surface area contributed by atoms with Crippen molar-refractivity contribution in [3.8, 4) is 5.75 Å². The molecule has 21 heavy (non-hydrogen) atoms. The molecule has 2 nitrogen and oxygen atoms in total. The standard InChI is InChI=1S/C17H16BrClO2/c1-17(20,15-9-4-12(18)10-16(15)19)11-2-5-13(6-3-11)21-14-7-8-14/h2-6,9-10,14,20H,7-8H2,1H3. The van der Waals surface area contributed by atoms with E-state index in [1.807, 2.05) is 36.4 Å². The fourth-order valence-electron chi connectivity index (χ4n) is 2.28. The summed E-state index contributed by atoms with van der Waals surface area (Å²) in [6.07, 6.45) is 2.64. The van der Waals surface area contributed by atoms with Gasteiger partial charge in [-0.15, -0.1) is 0 Å². The summed E-state index contributed by atoms with van der Waals surface area (Å²) in [7, 11) is 0. The van der Waals surface area contributed by atoms with Gasteiger partial charge in [0.15, 0.2) is 0 Å². The van der Waals surface area contributed by atoms with Gasteiger partial charge in [0.25, 0.3) is 0 Å². The van der Waals surface area contributed by atoms with Crippen LogP contribution in [0.1, 0.15) is 30.9 Å². The third-order valence-corrected chi connectivity index (χ3v) is 4.51. The normalized spacial score (nSPS) is 17.3. The molecule has 0 aromatic heterocycles. The predicted molar refractivity (Wildman–Crippen MR) is 87.9 cm³/mol. The average Bonchev–Trinajstić information content (AvgIpc) is 3.23. The zero-order valence-corrected chi connectivity index (χ0v) is 14.0. The second-order valence-electron chi connectivity index (χ2n) is 5.54. The number of hydrogen-bond donors (Lipinski definition) is 1. The summed E-state index contributed by atoms with van der Waals surface area (Å²) in [4.78, 5) is 0. The zero-order chi connectivity index (χ0) is 15.0. The van der Waals surface area contributed by atoms with Crippen LogP contribution in [0.5, 0.6) is 5.75 Å². The van der Waals surface area contributed by atoms with E-state index in [-0.39, 0.29) is 0 Å². The average molecular weight is 368 g/mol. The molecule has 1 atom stereocenters. The molecule has 1 N–H and O–H groups in total. The van der Waals surface area contributed by atoms with Gasteiger partial charge >= 0.3 is 0 Å². The molecular formula is C17H16BrClO2. The van der Waals surface area contributed by atoms with Crippen LogP contribution >= 0.6 is 27.5 Å². The summed E-state index contributed by atoms with van der Waals surface area (Å²) in [5.41, 5.74) is 0.327. The molecule has 1 fully saturated rings. The molecule has 0 aliphatic heterocycles. The Morgan fingerprint density at radius 1 is 1.19 bits per heavy atom. The molecule has 0 heterocycles. The van der Waals surface area contributed by atoms with Crippen molar-refractivity contribution in [2.45, 2.75) is 31.5 Å². The maximum atomic E-state index is 10.9. The molecule has 1 saturated carbocycles. The highest BCUT2D eigenvalue weighted by molar-refractivity contribution is 9.10. The number of ether oxygens (including phenoxy) is 1. The molecule has 4 heteroatoms. The monoisotopic (exact) mass is 366 g/mol. The van der Waals surface area contributed by atoms with Crippen LogP contribution in [0.25, 0.3) is 0 Å². The minimum absolute atomic E-state index is 0.372. The number of rotatable bonds is 4. The van der Waals surface area contributed by atoms with Gasteiger partial charge in [-0.25, -0.2) is 0 Å². The first kappa shape index (κ1) is 14.9. The van der Waals surface area contributed by atoms with E-state index < -0.39 is 5.60 Å². The minimum Gasteiger partial charge on any atom is -0.490 e. The van der Waals surface area contributed by atoms with Crippen molar-refractivity contribution in [1.82, 2.24) is 0 Å². The molecular weight excluding hydrogens is 352 g/mol. The lowest BCUT2D eigenvalue weighted by molar-refractivity contribution is 0.102. The van der Waals surface area contributed by atoms with Gasteiger partial charge in [-0.3, -0.25) is 0 Å². The minimum atomic E-state index is -1.14. The largest absolute Gasteiger partial charge is 0.490 e. The van der Waals surface area contributed by atoms with Crippen molar-refractivity contribution < 1.29 is 9.84 Å². The third kappa shape index (κ3) is 3.25. The van der Waals surface area contributed by atoms with Crippen molar-refractivity contribution in [2.75, 3.05) is 0 Å². The van der Waals surface area contributed by atoms with Crippen LogP contribution in [0.4, 0.5) is 0 Å². The van der Waals surface area contributed by atoms with Gasteiger partial charge in [0.05, 0.1) is 6.10 Å². The van der Waals surface area contributed by atoms with Crippen LogP contribution in [-0.4, -0.2) is 11.2 Å². The van der Waals surface area contributed by atoms with Crippen molar-refractivity contribution in [3.63, 3.8) is 0 Å². The van der Waals surface area contributed by atoms with E-state index in [2.05, 4.69) is 15.9 Å². The van der Waals surface area contributed by atoms with E-state index in [0.29, 0.717) is 16.7 Å². The van der Waals surface area contributed by atoms with Crippen LogP contribution in [0.2, 0.25) is 5.02 Å². The highest BCUT2D eigenvalue weighted by Gasteiger charge is 2.28. The van der Waals surface area contributed by atoms with Gasteiger partial charge < -0.3 is 9.84 Å². The second-order valence-corrected chi connectivity index (χ2v) is 6.86. The van der Waals surface area contributed by atoms with Crippen LogP contribution < -0.4 is 4.74 Å². The third-order valence-electron chi connectivity index (χ3n) is 3.70. The lowest BCUT2D eigenvalue weighted by Crippen LogP contribution is -2.23. The van der Waals surface area contributed by atoms with E-state index in [1.54, 1.807) is 13.0 Å². The van der Waals surface area contributed by atoms with Crippen molar-refractivity contribution >= 4 is 27.5 Å². The Morgan fingerprint density at radius 2 is 1.86 bits per heavy atom. The van der Waals surface area contributed by atoms with Gasteiger partial charge in [-0.1, -0.05) is 45.7 Å². The molecule has 3 rings (SSSR count). The number of halogens is 2. The Labute approximate surface area is 137 Å². The van der Waals surface area contributed by atoms with Gasteiger partial charge in [0.1, 0.15) is 11.4 Å². The van der Waals surface area contributed by atoms with Crippen LogP contribution in [0, 0.1) is 0 Å². The molecule has 0 bridgehead atoms. The van der Waals surface area contributed by atoms with Gasteiger partial charge in [-0.2, -0.15) is 0 Å². The molecule has 2 aromatic carbocycles. The Hall–Kier alpha value is -1.03. The Balaban J connectivity index is 1.89. The molecule has 110 valence electrons. The fourth-order valence-corrected chi connectivity index (χ4v) is 3.13. The first-order chi connectivity index (χ1) is 9.96. The SMILES string of the molecule is CC(O)(c1ccc(OC2CC2)cc1)c1ccc(Br)cc1Cl. The first-order valence-electron chi connectivity index (χ1n) is 6.92. The highest BCUT2D eigenvalue weighted by atomic mass is 79.9. The lowest BCUT2D eigenvalue weighted by atomic mass is 9.88. The lowest BCUT2D eigenvalue weighted by Gasteiger charge is -2.26. The Bertz CT molecular complexity index is 648. The Morgan fingerprint density at radius 3 is 2.43 bits per heavy atom. The smallest absolute Gasteiger partial charge is 0.119 e. The van der Waals surface area contributed by atoms with Gasteiger partial charge in [0, 0.05) is 15.1 Å². The van der Waals surface area contributed by atoms with E-state index in [0.717, 1.165) is 28.6 Å².